The Morgan fingerprint density at radius 3 is 2.36 bits per heavy atom. The molecule has 0 aliphatic carbocycles. The second-order valence-electron chi connectivity index (χ2n) is 2.42. The molecule has 0 aliphatic heterocycles. The average Bonchev–Trinajstić information content (AvgIpc) is 1.79. The summed E-state index contributed by atoms with van der Waals surface area (Å²) in [5, 5.41) is -3.33. The van der Waals surface area contributed by atoms with Crippen LogP contribution in [0.3, 0.4) is 0 Å². The molecular formula is C6H11ClF2N2. The first-order valence-corrected chi connectivity index (χ1v) is 3.43. The van der Waals surface area contributed by atoms with Crippen molar-refractivity contribution in [2.24, 2.45) is 5.84 Å². The Kier molecular flexibility index (Phi) is 3.92. The Labute approximate surface area is 69.4 Å². The predicted octanol–water partition coefficient (Wildman–Crippen LogP) is 1.62. The highest BCUT2D eigenvalue weighted by molar-refractivity contribution is 6.22. The maximum absolute atomic E-state index is 12.3. The highest BCUT2D eigenvalue weighted by atomic mass is 35.5. The van der Waals surface area contributed by atoms with Crippen LogP contribution in [0.2, 0.25) is 0 Å². The molecule has 0 amide bonds. The summed E-state index contributed by atoms with van der Waals surface area (Å²) in [7, 11) is 0. The lowest BCUT2D eigenvalue weighted by Gasteiger charge is -2.20. The van der Waals surface area contributed by atoms with Crippen LogP contribution in [0.25, 0.3) is 0 Å². The van der Waals surface area contributed by atoms with Gasteiger partial charge < -0.3 is 0 Å². The van der Waals surface area contributed by atoms with Gasteiger partial charge in [-0.1, -0.05) is 5.57 Å². The van der Waals surface area contributed by atoms with Gasteiger partial charge in [0.15, 0.2) is 0 Å². The molecule has 0 bridgehead atoms. The highest BCUT2D eigenvalue weighted by Gasteiger charge is 2.35. The fraction of sp³-hybridized carbons (Fsp3) is 0.667. The second-order valence-corrected chi connectivity index (χ2v) is 2.93. The van der Waals surface area contributed by atoms with Gasteiger partial charge in [0.1, 0.15) is 6.04 Å². The molecule has 0 saturated carbocycles. The molecule has 66 valence electrons. The van der Waals surface area contributed by atoms with Crippen LogP contribution in [-0.2, 0) is 0 Å². The van der Waals surface area contributed by atoms with E-state index in [4.69, 9.17) is 17.4 Å². The molecular weight excluding hydrogens is 174 g/mol. The Balaban J connectivity index is 4.07. The quantitative estimate of drug-likeness (QED) is 0.302. The predicted molar refractivity (Wildman–Crippen MR) is 41.3 cm³/mol. The molecule has 1 atom stereocenters. The lowest BCUT2D eigenvalue weighted by molar-refractivity contribution is 0.0503. The topological polar surface area (TPSA) is 38.0 Å². The molecule has 3 N–H and O–H groups in total. The van der Waals surface area contributed by atoms with Crippen molar-refractivity contribution in [3.8, 4) is 0 Å². The van der Waals surface area contributed by atoms with Gasteiger partial charge in [-0.15, -0.1) is 6.58 Å². The van der Waals surface area contributed by atoms with Crippen LogP contribution < -0.4 is 11.3 Å². The zero-order chi connectivity index (χ0) is 9.07. The van der Waals surface area contributed by atoms with Gasteiger partial charge in [-0.05, 0) is 24.9 Å². The molecule has 2 nitrogen and oxygen atoms in total. The molecule has 11 heavy (non-hydrogen) atoms. The SMILES string of the molecule is C=C(C)CC(NN)C(F)(F)Cl. The van der Waals surface area contributed by atoms with Gasteiger partial charge in [-0.25, -0.2) is 5.43 Å². The number of nitrogens with two attached hydrogens (primary N) is 1. The summed E-state index contributed by atoms with van der Waals surface area (Å²) in [6.07, 6.45) is 0.0625. The minimum atomic E-state index is -3.33. The second kappa shape index (κ2) is 3.99. The van der Waals surface area contributed by atoms with Gasteiger partial charge in [-0.3, -0.25) is 5.84 Å². The van der Waals surface area contributed by atoms with E-state index in [1.165, 1.54) is 0 Å². The van der Waals surface area contributed by atoms with E-state index in [1.807, 2.05) is 5.43 Å². The molecule has 0 rings (SSSR count). The largest absolute Gasteiger partial charge is 0.338 e. The maximum atomic E-state index is 12.3. The molecule has 1 unspecified atom stereocenters. The zero-order valence-electron chi connectivity index (χ0n) is 6.20. The van der Waals surface area contributed by atoms with Gasteiger partial charge >= 0.3 is 5.38 Å². The van der Waals surface area contributed by atoms with Crippen LogP contribution in [0, 0.1) is 0 Å². The summed E-state index contributed by atoms with van der Waals surface area (Å²) in [5.41, 5.74) is 2.54. The van der Waals surface area contributed by atoms with Crippen molar-refractivity contribution in [3.63, 3.8) is 0 Å². The normalized spacial score (nSPS) is 14.6. The molecule has 0 aliphatic rings. The van der Waals surface area contributed by atoms with Crippen LogP contribution in [0.1, 0.15) is 13.3 Å². The molecule has 0 saturated heterocycles. The smallest absolute Gasteiger partial charge is 0.271 e. The summed E-state index contributed by atoms with van der Waals surface area (Å²) in [6.45, 7) is 5.10. The van der Waals surface area contributed by atoms with Gasteiger partial charge in [0, 0.05) is 0 Å². The summed E-state index contributed by atoms with van der Waals surface area (Å²) in [6, 6.07) is -1.25. The van der Waals surface area contributed by atoms with Crippen molar-refractivity contribution in [2.45, 2.75) is 24.8 Å². The summed E-state index contributed by atoms with van der Waals surface area (Å²) in [4.78, 5) is 0. The summed E-state index contributed by atoms with van der Waals surface area (Å²) < 4.78 is 24.7. The Hall–Kier alpha value is -0.190. The molecule has 0 aromatic heterocycles. The van der Waals surface area contributed by atoms with E-state index in [-0.39, 0.29) is 6.42 Å². The number of hydrogen-bond acceptors (Lipinski definition) is 2. The third-order valence-corrected chi connectivity index (χ3v) is 1.41. The van der Waals surface area contributed by atoms with E-state index < -0.39 is 11.4 Å². The van der Waals surface area contributed by atoms with Gasteiger partial charge in [0.05, 0.1) is 0 Å². The van der Waals surface area contributed by atoms with E-state index in [0.717, 1.165) is 0 Å². The Morgan fingerprint density at radius 1 is 1.82 bits per heavy atom. The summed E-state index contributed by atoms with van der Waals surface area (Å²) >= 11 is 4.73. The standard InChI is InChI=1S/C6H11ClF2N2/c1-4(2)3-5(11-10)6(7,8)9/h5,11H,1,3,10H2,2H3. The van der Waals surface area contributed by atoms with E-state index in [2.05, 4.69) is 6.58 Å². The van der Waals surface area contributed by atoms with Crippen molar-refractivity contribution in [3.05, 3.63) is 12.2 Å². The molecule has 0 fully saturated rings. The lowest BCUT2D eigenvalue weighted by atomic mass is 10.1. The Bertz CT molecular complexity index is 144. The molecule has 0 radical (unpaired) electrons. The minimum Gasteiger partial charge on any atom is -0.271 e. The van der Waals surface area contributed by atoms with Crippen LogP contribution in [-0.4, -0.2) is 11.4 Å². The van der Waals surface area contributed by atoms with Crippen molar-refractivity contribution < 1.29 is 8.78 Å². The average molecular weight is 185 g/mol. The van der Waals surface area contributed by atoms with Crippen LogP contribution in [0.5, 0.6) is 0 Å². The molecule has 0 aromatic carbocycles. The van der Waals surface area contributed by atoms with E-state index >= 15 is 0 Å². The van der Waals surface area contributed by atoms with Gasteiger partial charge in [0.25, 0.3) is 0 Å². The number of alkyl halides is 3. The minimum absolute atomic E-state index is 0.0625. The molecule has 0 aromatic rings. The van der Waals surface area contributed by atoms with Crippen LogP contribution >= 0.6 is 11.6 Å². The highest BCUT2D eigenvalue weighted by Crippen LogP contribution is 2.26. The van der Waals surface area contributed by atoms with Gasteiger partial charge in [-0.2, -0.15) is 8.78 Å². The molecule has 0 heterocycles. The number of rotatable bonds is 4. The number of nitrogens with one attached hydrogen (secondary N) is 1. The molecule has 5 heteroatoms. The first-order valence-electron chi connectivity index (χ1n) is 3.05. The summed E-state index contributed by atoms with van der Waals surface area (Å²) in [5.74, 6) is 4.85. The third-order valence-electron chi connectivity index (χ3n) is 1.15. The first kappa shape index (κ1) is 10.8. The molecule has 0 spiro atoms. The number of hydrogen-bond donors (Lipinski definition) is 2. The number of halogens is 3. The van der Waals surface area contributed by atoms with Crippen LogP contribution in [0.15, 0.2) is 12.2 Å². The number of hydrazine groups is 1. The zero-order valence-corrected chi connectivity index (χ0v) is 6.96. The lowest BCUT2D eigenvalue weighted by Crippen LogP contribution is -2.45. The van der Waals surface area contributed by atoms with Crippen molar-refractivity contribution in [1.82, 2.24) is 5.43 Å². The maximum Gasteiger partial charge on any atom is 0.338 e. The first-order chi connectivity index (χ1) is 4.88. The van der Waals surface area contributed by atoms with E-state index in [1.54, 1.807) is 6.92 Å². The fourth-order valence-corrected chi connectivity index (χ4v) is 0.758. The van der Waals surface area contributed by atoms with E-state index in [0.29, 0.717) is 5.57 Å². The van der Waals surface area contributed by atoms with Gasteiger partial charge in [0.2, 0.25) is 0 Å². The van der Waals surface area contributed by atoms with Crippen molar-refractivity contribution in [1.29, 1.82) is 0 Å². The monoisotopic (exact) mass is 184 g/mol. The third kappa shape index (κ3) is 4.29. The fourth-order valence-electron chi connectivity index (χ4n) is 0.618. The Morgan fingerprint density at radius 2 is 2.27 bits per heavy atom. The van der Waals surface area contributed by atoms with E-state index in [9.17, 15) is 8.78 Å². The van der Waals surface area contributed by atoms with Crippen LogP contribution in [0.4, 0.5) is 8.78 Å². The van der Waals surface area contributed by atoms with Crippen molar-refractivity contribution >= 4 is 11.6 Å². The van der Waals surface area contributed by atoms with Crippen molar-refractivity contribution in [2.75, 3.05) is 0 Å².